The van der Waals surface area contributed by atoms with E-state index < -0.39 is 0 Å². The Morgan fingerprint density at radius 3 is 0.833 bits per heavy atom. The second-order valence-electron chi connectivity index (χ2n) is 0. The summed E-state index contributed by atoms with van der Waals surface area (Å²) in [4.78, 5) is 0. The van der Waals surface area contributed by atoms with Crippen molar-refractivity contribution in [3.8, 4) is 0 Å². The van der Waals surface area contributed by atoms with Gasteiger partial charge >= 0.3 is 44.4 Å². The third kappa shape index (κ3) is 81.5. The molecule has 0 aliphatic heterocycles. The van der Waals surface area contributed by atoms with Crippen LogP contribution in [-0.4, -0.2) is 22.5 Å². The van der Waals surface area contributed by atoms with E-state index in [1.165, 1.54) is 0 Å². The summed E-state index contributed by atoms with van der Waals surface area (Å²) in [5, 5.41) is 0. The van der Waals surface area contributed by atoms with Crippen molar-refractivity contribution in [2.45, 2.75) is 0 Å². The van der Waals surface area contributed by atoms with Crippen molar-refractivity contribution in [3.05, 3.63) is 0 Å². The summed E-state index contributed by atoms with van der Waals surface area (Å²) in [5.74, 6) is 0. The minimum absolute atomic E-state index is 0. The van der Waals surface area contributed by atoms with Crippen molar-refractivity contribution in [3.63, 3.8) is 0 Å². The Hall–Kier alpha value is 0.986. The zero-order valence-electron chi connectivity index (χ0n) is 3.04. The zero-order chi connectivity index (χ0) is 2.00. The Morgan fingerprint density at radius 2 is 0.833 bits per heavy atom. The Balaban J connectivity index is -0.000000000833. The molecule has 1 nitrogen and oxygen atoms in total. The second kappa shape index (κ2) is 153. The van der Waals surface area contributed by atoms with E-state index in [4.69, 9.17) is 3.08 Å². The van der Waals surface area contributed by atoms with Crippen molar-refractivity contribution in [1.29, 1.82) is 0 Å². The maximum absolute atomic E-state index is 8.34. The van der Waals surface area contributed by atoms with E-state index in [0.717, 1.165) is 0 Å². The monoisotopic (exact) mass is 200 g/mol. The van der Waals surface area contributed by atoms with E-state index in [9.17, 15) is 0 Å². The first kappa shape index (κ1) is 63.5. The molecule has 32 valence electrons. The van der Waals surface area contributed by atoms with Gasteiger partial charge in [-0.3, -0.25) is 0 Å². The van der Waals surface area contributed by atoms with Crippen molar-refractivity contribution < 1.29 is 36.1 Å². The molecule has 0 saturated carbocycles. The van der Waals surface area contributed by atoms with Crippen LogP contribution in [0.15, 0.2) is 0 Å². The van der Waals surface area contributed by atoms with Crippen LogP contribution in [0.3, 0.4) is 0 Å². The first-order chi connectivity index (χ1) is 1.00. The Bertz CT molecular complexity index is 10.8. The van der Waals surface area contributed by atoms with Gasteiger partial charge < -0.3 is 14.1 Å². The van der Waals surface area contributed by atoms with Gasteiger partial charge in [-0.05, 0) is 0 Å². The van der Waals surface area contributed by atoms with E-state index in [1.807, 2.05) is 0 Å². The molecule has 6 heavy (non-hydrogen) atoms. The maximum atomic E-state index is 8.34. The number of hydrogen-bond acceptors (Lipinski definition) is 1. The van der Waals surface area contributed by atoms with Crippen molar-refractivity contribution in [2.24, 2.45) is 0 Å². The third-order valence-electron chi connectivity index (χ3n) is 0. The average Bonchev–Trinajstić information content (AvgIpc) is 1.00. The fourth-order valence-electron chi connectivity index (χ4n) is 0. The molecule has 0 N–H and O–H groups in total. The van der Waals surface area contributed by atoms with Gasteiger partial charge in [0.1, 0.15) is 0 Å². The van der Waals surface area contributed by atoms with Crippen molar-refractivity contribution >= 4 is 22.5 Å². The van der Waals surface area contributed by atoms with Crippen LogP contribution in [0.4, 0.5) is 0 Å². The van der Waals surface area contributed by atoms with Crippen LogP contribution < -0.4 is 33.0 Å². The van der Waals surface area contributed by atoms with Crippen LogP contribution in [0.5, 0.6) is 0 Å². The molecule has 6 heteroatoms. The minimum atomic E-state index is 0. The summed E-state index contributed by atoms with van der Waals surface area (Å²) in [5.41, 5.74) is 0. The molecule has 0 heterocycles. The molecular formula is F3LiOSn. The summed E-state index contributed by atoms with van der Waals surface area (Å²) in [6.45, 7) is 0. The van der Waals surface area contributed by atoms with Crippen molar-refractivity contribution in [2.75, 3.05) is 0 Å². The van der Waals surface area contributed by atoms with Gasteiger partial charge in [0.05, 0.1) is 0 Å². The first-order valence-electron chi connectivity index (χ1n) is 0.204. The Labute approximate surface area is 58.6 Å². The summed E-state index contributed by atoms with van der Waals surface area (Å²) in [7, 11) is 0. The fraction of sp³-hybridized carbons (Fsp3) is 0. The predicted molar refractivity (Wildman–Crippen MR) is 6.44 cm³/mol. The molecule has 0 aliphatic carbocycles. The van der Waals surface area contributed by atoms with Crippen LogP contribution in [0.25, 0.3) is 0 Å². The normalized spacial score (nSPS) is 1.00. The summed E-state index contributed by atoms with van der Waals surface area (Å²) >= 11 is 0.300. The van der Waals surface area contributed by atoms with E-state index >= 15 is 0 Å². The standard InChI is InChI=1S/3FH.Li.O.Sn/h3*1H;;;/q;;;+1;;+2/p-3. The average molecular weight is 199 g/mol. The van der Waals surface area contributed by atoms with E-state index in [2.05, 4.69) is 0 Å². The number of rotatable bonds is 0. The molecule has 0 spiro atoms. The van der Waals surface area contributed by atoms with E-state index in [-0.39, 0.29) is 33.0 Å². The third-order valence-corrected chi connectivity index (χ3v) is 0. The molecule has 0 fully saturated rings. The van der Waals surface area contributed by atoms with Crippen LogP contribution in [0.1, 0.15) is 0 Å². The van der Waals surface area contributed by atoms with Gasteiger partial charge in [0.25, 0.3) is 0 Å². The van der Waals surface area contributed by atoms with Crippen LogP contribution in [-0.2, 0) is 3.08 Å². The molecule has 0 saturated heterocycles. The molecule has 0 aliphatic rings. The molecule has 0 radical (unpaired) electrons. The van der Waals surface area contributed by atoms with Gasteiger partial charge in [-0.25, -0.2) is 0 Å². The molecule has 0 amide bonds. The van der Waals surface area contributed by atoms with Crippen LogP contribution >= 0.6 is 0 Å². The zero-order valence-corrected chi connectivity index (χ0v) is 5.90. The van der Waals surface area contributed by atoms with E-state index in [0.29, 0.717) is 22.5 Å². The van der Waals surface area contributed by atoms with Gasteiger partial charge in [0.2, 0.25) is 0 Å². The van der Waals surface area contributed by atoms with E-state index in [1.54, 1.807) is 0 Å². The summed E-state index contributed by atoms with van der Waals surface area (Å²) < 4.78 is 8.34. The Kier molecular flexibility index (Phi) is 1620. The van der Waals surface area contributed by atoms with Gasteiger partial charge in [-0.15, -0.1) is 0 Å². The van der Waals surface area contributed by atoms with Gasteiger partial charge in [-0.2, -0.15) is 0 Å². The molecule has 0 bridgehead atoms. The topological polar surface area (TPSA) is 17.1 Å². The van der Waals surface area contributed by atoms with Crippen LogP contribution in [0, 0.1) is 0 Å². The van der Waals surface area contributed by atoms with Crippen molar-refractivity contribution in [1.82, 2.24) is 0 Å². The summed E-state index contributed by atoms with van der Waals surface area (Å²) in [6.07, 6.45) is 0. The van der Waals surface area contributed by atoms with Crippen LogP contribution in [0.2, 0.25) is 0 Å². The van der Waals surface area contributed by atoms with Gasteiger partial charge in [0.15, 0.2) is 0 Å². The molecule has 0 rings (SSSR count). The summed E-state index contributed by atoms with van der Waals surface area (Å²) in [6, 6.07) is 0. The fourth-order valence-corrected chi connectivity index (χ4v) is 0. The number of hydrogen-bond donors (Lipinski definition) is 0. The van der Waals surface area contributed by atoms with Gasteiger partial charge in [0, 0.05) is 0 Å². The predicted octanol–water partition coefficient (Wildman–Crippen LogP) is -12.5. The molecule has 0 aromatic heterocycles. The second-order valence-corrected chi connectivity index (χ2v) is 0. The van der Waals surface area contributed by atoms with Gasteiger partial charge in [-0.1, -0.05) is 0 Å². The molecule has 0 aromatic carbocycles. The quantitative estimate of drug-likeness (QED) is 0.354. The SMILES string of the molecule is [F-].[F-].[F-].[Li+].[O]=[Sn+2]. The Morgan fingerprint density at radius 1 is 0.833 bits per heavy atom. The molecular weight excluding hydrogens is 199 g/mol. The molecule has 0 aromatic rings. The molecule has 0 unspecified atom stereocenters. The first-order valence-corrected chi connectivity index (χ1v) is 1.37. The molecule has 0 atom stereocenters. The number of halogens is 3.